The topological polar surface area (TPSA) is 45.5 Å². The molecule has 7 heteroatoms. The number of benzene rings is 8. The number of rotatable bonds is 4. The normalized spacial score (nSPS) is 11.6. The first-order valence-corrected chi connectivity index (χ1v) is 21.5. The summed E-state index contributed by atoms with van der Waals surface area (Å²) in [4.78, 5) is 9.38. The molecule has 8 aromatic carbocycles. The minimum absolute atomic E-state index is 0. The molecule has 14 aromatic rings. The Morgan fingerprint density at radius 2 is 0.600 bits per heavy atom. The largest absolute Gasteiger partial charge is 2.00 e. The fraction of sp³-hybridized carbons (Fsp3) is 0. The van der Waals surface area contributed by atoms with Gasteiger partial charge in [0.15, 0.2) is 0 Å². The van der Waals surface area contributed by atoms with Crippen molar-refractivity contribution in [3.8, 4) is 22.7 Å². The molecule has 0 N–H and O–H groups in total. The van der Waals surface area contributed by atoms with Crippen LogP contribution in [0.1, 0.15) is 0 Å². The Labute approximate surface area is 388 Å². The third-order valence-corrected chi connectivity index (χ3v) is 12.5. The van der Waals surface area contributed by atoms with Crippen molar-refractivity contribution in [1.29, 1.82) is 0 Å². The second-order valence-corrected chi connectivity index (χ2v) is 16.1. The minimum Gasteiger partial charge on any atom is -0.358 e. The van der Waals surface area contributed by atoms with Gasteiger partial charge in [-0.05, 0) is 95.2 Å². The van der Waals surface area contributed by atoms with Gasteiger partial charge in [0.25, 0.3) is 0 Å². The zero-order valence-corrected chi connectivity index (χ0v) is 37.1. The molecule has 0 saturated carbocycles. The molecule has 65 heavy (non-hydrogen) atoms. The fourth-order valence-electron chi connectivity index (χ4n) is 9.85. The van der Waals surface area contributed by atoms with E-state index >= 15 is 0 Å². The van der Waals surface area contributed by atoms with Crippen LogP contribution in [0.25, 0.3) is 110 Å². The number of aromatic nitrogens is 6. The van der Waals surface area contributed by atoms with E-state index < -0.39 is 0 Å². The van der Waals surface area contributed by atoms with Crippen LogP contribution in [0.3, 0.4) is 0 Å². The Bertz CT molecular complexity index is 3710. The van der Waals surface area contributed by atoms with Crippen molar-refractivity contribution in [3.63, 3.8) is 0 Å². The van der Waals surface area contributed by atoms with Crippen molar-refractivity contribution in [2.45, 2.75) is 0 Å². The van der Waals surface area contributed by atoms with Gasteiger partial charge in [0, 0.05) is 89.4 Å². The average Bonchev–Trinajstić information content (AvgIpc) is 4.09. The molecule has 6 nitrogen and oxygen atoms in total. The number of hydrogen-bond acceptors (Lipinski definition) is 2. The second kappa shape index (κ2) is 15.6. The van der Waals surface area contributed by atoms with Crippen LogP contribution >= 0.6 is 0 Å². The molecular weight excluding hydrogens is 976 g/mol. The summed E-state index contributed by atoms with van der Waals surface area (Å²) in [5.74, 6) is 0. The predicted molar refractivity (Wildman–Crippen MR) is 264 cm³/mol. The molecular formula is C58H36N6Pt. The number of fused-ring (bicyclic) bond motifs is 12. The first kappa shape index (κ1) is 38.6. The van der Waals surface area contributed by atoms with Crippen molar-refractivity contribution in [2.24, 2.45) is 0 Å². The van der Waals surface area contributed by atoms with E-state index in [1.165, 1.54) is 43.6 Å². The van der Waals surface area contributed by atoms with Gasteiger partial charge in [0.1, 0.15) is 0 Å². The van der Waals surface area contributed by atoms with E-state index in [2.05, 4.69) is 222 Å². The van der Waals surface area contributed by atoms with Crippen LogP contribution < -0.4 is 0 Å². The van der Waals surface area contributed by atoms with Crippen LogP contribution in [0.4, 0.5) is 0 Å². The van der Waals surface area contributed by atoms with Crippen LogP contribution in [-0.2, 0) is 21.1 Å². The Morgan fingerprint density at radius 1 is 0.292 bits per heavy atom. The Morgan fingerprint density at radius 3 is 0.969 bits per heavy atom. The minimum atomic E-state index is 0. The molecule has 0 fully saturated rings. The van der Waals surface area contributed by atoms with E-state index in [9.17, 15) is 0 Å². The van der Waals surface area contributed by atoms with Gasteiger partial charge in [-0.2, -0.15) is 0 Å². The number of hydrogen-bond donors (Lipinski definition) is 0. The SMILES string of the molecule is [Pt+2].[c-]1cc(-n2c3ccccc3c3ccccc32)cc2c1c1ncccc1n2-c1ccccc1.[c-]1cc(-n2c3ccccc3c3ccccc32)cc2c1c1ncccc1n2-c1ccccc1. The fourth-order valence-corrected chi connectivity index (χ4v) is 9.85. The monoisotopic (exact) mass is 1010 g/mol. The van der Waals surface area contributed by atoms with Gasteiger partial charge >= 0.3 is 21.1 Å². The predicted octanol–water partition coefficient (Wildman–Crippen LogP) is 14.1. The molecule has 0 unspecified atom stereocenters. The van der Waals surface area contributed by atoms with Gasteiger partial charge in [0.2, 0.25) is 0 Å². The van der Waals surface area contributed by atoms with E-state index in [-0.39, 0.29) is 21.1 Å². The third-order valence-electron chi connectivity index (χ3n) is 12.5. The second-order valence-electron chi connectivity index (χ2n) is 16.1. The molecule has 0 spiro atoms. The van der Waals surface area contributed by atoms with Crippen LogP contribution in [0.15, 0.2) is 219 Å². The van der Waals surface area contributed by atoms with Crippen LogP contribution in [0.5, 0.6) is 0 Å². The zero-order valence-electron chi connectivity index (χ0n) is 34.8. The van der Waals surface area contributed by atoms with Crippen molar-refractivity contribution in [2.75, 3.05) is 0 Å². The van der Waals surface area contributed by atoms with Gasteiger partial charge in [0.05, 0.1) is 0 Å². The molecule has 0 saturated heterocycles. The summed E-state index contributed by atoms with van der Waals surface area (Å²) in [7, 11) is 0. The molecule has 0 amide bonds. The van der Waals surface area contributed by atoms with Gasteiger partial charge in [-0.1, -0.05) is 132 Å². The maximum atomic E-state index is 4.69. The summed E-state index contributed by atoms with van der Waals surface area (Å²) >= 11 is 0. The first-order valence-electron chi connectivity index (χ1n) is 21.5. The third kappa shape index (κ3) is 6.06. The van der Waals surface area contributed by atoms with Crippen molar-refractivity contribution >= 4 is 87.5 Å². The summed E-state index contributed by atoms with van der Waals surface area (Å²) in [6, 6.07) is 79.4. The summed E-state index contributed by atoms with van der Waals surface area (Å²) in [6.07, 6.45) is 3.71. The number of para-hydroxylation sites is 6. The van der Waals surface area contributed by atoms with Crippen LogP contribution in [0, 0.1) is 12.1 Å². The smallest absolute Gasteiger partial charge is 0.358 e. The summed E-state index contributed by atoms with van der Waals surface area (Å²) < 4.78 is 9.24. The van der Waals surface area contributed by atoms with E-state index in [1.54, 1.807) is 0 Å². The Kier molecular flexibility index (Phi) is 9.29. The quantitative estimate of drug-likeness (QED) is 0.165. The maximum Gasteiger partial charge on any atom is 2.00 e. The first-order chi connectivity index (χ1) is 31.8. The van der Waals surface area contributed by atoms with Crippen molar-refractivity contribution < 1.29 is 21.1 Å². The van der Waals surface area contributed by atoms with E-state index in [4.69, 9.17) is 0 Å². The molecule has 0 aliphatic rings. The summed E-state index contributed by atoms with van der Waals surface area (Å²) in [6.45, 7) is 0. The molecule has 0 aliphatic heterocycles. The summed E-state index contributed by atoms with van der Waals surface area (Å²) in [5, 5.41) is 7.10. The Hall–Kier alpha value is -8.05. The van der Waals surface area contributed by atoms with E-state index in [0.717, 1.165) is 66.6 Å². The van der Waals surface area contributed by atoms with Gasteiger partial charge in [-0.3, -0.25) is 0 Å². The maximum absolute atomic E-state index is 4.69. The molecule has 0 bridgehead atoms. The van der Waals surface area contributed by atoms with Crippen molar-refractivity contribution in [3.05, 3.63) is 231 Å². The molecule has 308 valence electrons. The molecule has 0 aliphatic carbocycles. The van der Waals surface area contributed by atoms with Gasteiger partial charge in [-0.15, -0.1) is 24.3 Å². The molecule has 0 atom stereocenters. The van der Waals surface area contributed by atoms with Crippen LogP contribution in [-0.4, -0.2) is 28.2 Å². The van der Waals surface area contributed by atoms with Crippen LogP contribution in [0.2, 0.25) is 0 Å². The zero-order chi connectivity index (χ0) is 42.1. The number of nitrogens with zero attached hydrogens (tertiary/aromatic N) is 6. The van der Waals surface area contributed by atoms with Gasteiger partial charge < -0.3 is 28.2 Å². The summed E-state index contributed by atoms with van der Waals surface area (Å²) in [5.41, 5.74) is 15.5. The molecule has 6 heterocycles. The number of pyridine rings is 2. The van der Waals surface area contributed by atoms with E-state index in [1.807, 2.05) is 36.7 Å². The van der Waals surface area contributed by atoms with Crippen molar-refractivity contribution in [1.82, 2.24) is 28.2 Å². The average molecular weight is 1010 g/mol. The molecule has 0 radical (unpaired) electrons. The molecule has 6 aromatic heterocycles. The standard InChI is InChI=1S/2C29H18N3.Pt/c2*1-2-9-20(10-3-1)31-27-15-8-18-30-29(27)24-17-16-21(19-28(24)31)32-25-13-6-4-11-22(25)23-12-5-7-14-26(23)32;/h2*1-16,18-19H;/q2*-1;+2. The molecule has 14 rings (SSSR count). The van der Waals surface area contributed by atoms with Gasteiger partial charge in [-0.25, -0.2) is 0 Å². The Balaban J connectivity index is 0.000000135. The van der Waals surface area contributed by atoms with E-state index in [0.29, 0.717) is 0 Å².